The number of hydrogen-bond donors (Lipinski definition) is 1. The third-order valence-electron chi connectivity index (χ3n) is 3.50. The Balaban J connectivity index is 1.91. The van der Waals surface area contributed by atoms with Crippen LogP contribution in [0.1, 0.15) is 22.4 Å². The molecule has 3 rings (SSSR count). The molecule has 0 saturated carbocycles. The minimum Gasteiger partial charge on any atom is -0.506 e. The first kappa shape index (κ1) is 11.5. The molecular formula is C15H13N3O. The molecule has 0 aliphatic carbocycles. The number of nitrogens with zero attached hydrogens (tertiary/aromatic N) is 3. The molecule has 0 radical (unpaired) electrons. The van der Waals surface area contributed by atoms with Crippen LogP contribution in [0.2, 0.25) is 0 Å². The van der Waals surface area contributed by atoms with Crippen LogP contribution in [0.15, 0.2) is 30.5 Å². The third kappa shape index (κ3) is 1.89. The molecule has 0 bridgehead atoms. The van der Waals surface area contributed by atoms with Gasteiger partial charge >= 0.3 is 0 Å². The topological polar surface area (TPSA) is 60.2 Å². The number of nitriles is 1. The monoisotopic (exact) mass is 251 g/mol. The van der Waals surface area contributed by atoms with E-state index >= 15 is 0 Å². The van der Waals surface area contributed by atoms with E-state index in [2.05, 4.69) is 16.0 Å². The summed E-state index contributed by atoms with van der Waals surface area (Å²) in [6, 6.07) is 9.59. The third-order valence-corrected chi connectivity index (χ3v) is 3.50. The highest BCUT2D eigenvalue weighted by molar-refractivity contribution is 5.56. The van der Waals surface area contributed by atoms with E-state index in [1.54, 1.807) is 6.92 Å². The Bertz CT molecular complexity index is 671. The summed E-state index contributed by atoms with van der Waals surface area (Å²) >= 11 is 0. The summed E-state index contributed by atoms with van der Waals surface area (Å²) in [6.07, 6.45) is 1.83. The van der Waals surface area contributed by atoms with Crippen LogP contribution >= 0.6 is 0 Å². The van der Waals surface area contributed by atoms with Crippen molar-refractivity contribution < 1.29 is 5.11 Å². The van der Waals surface area contributed by atoms with Gasteiger partial charge in [0.25, 0.3) is 0 Å². The van der Waals surface area contributed by atoms with E-state index in [-0.39, 0.29) is 0 Å². The molecule has 0 fully saturated rings. The van der Waals surface area contributed by atoms with Gasteiger partial charge in [0.1, 0.15) is 5.75 Å². The Labute approximate surface area is 111 Å². The maximum Gasteiger partial charge on any atom is 0.142 e. The van der Waals surface area contributed by atoms with Crippen LogP contribution in [0.4, 0.5) is 5.69 Å². The van der Waals surface area contributed by atoms with Crippen LogP contribution in [0, 0.1) is 18.3 Å². The predicted molar refractivity (Wildman–Crippen MR) is 71.7 cm³/mol. The summed E-state index contributed by atoms with van der Waals surface area (Å²) in [4.78, 5) is 6.35. The number of benzene rings is 1. The fraction of sp³-hybridized carbons (Fsp3) is 0.200. The van der Waals surface area contributed by atoms with Gasteiger partial charge < -0.3 is 10.0 Å². The first-order valence-corrected chi connectivity index (χ1v) is 6.10. The molecule has 94 valence electrons. The van der Waals surface area contributed by atoms with E-state index in [4.69, 9.17) is 5.26 Å². The van der Waals surface area contributed by atoms with Crippen molar-refractivity contribution in [2.45, 2.75) is 20.0 Å². The van der Waals surface area contributed by atoms with Crippen LogP contribution in [0.3, 0.4) is 0 Å². The molecule has 2 aromatic rings. The second-order valence-electron chi connectivity index (χ2n) is 4.71. The van der Waals surface area contributed by atoms with E-state index < -0.39 is 0 Å². The van der Waals surface area contributed by atoms with Gasteiger partial charge in [-0.3, -0.25) is 4.98 Å². The highest BCUT2D eigenvalue weighted by Crippen LogP contribution is 2.34. The maximum atomic E-state index is 10.0. The van der Waals surface area contributed by atoms with Crippen molar-refractivity contribution >= 4 is 5.69 Å². The number of hydrogen-bond acceptors (Lipinski definition) is 4. The number of rotatable bonds is 1. The van der Waals surface area contributed by atoms with Gasteiger partial charge in [-0.25, -0.2) is 0 Å². The zero-order valence-electron chi connectivity index (χ0n) is 10.6. The van der Waals surface area contributed by atoms with Crippen molar-refractivity contribution in [3.05, 3.63) is 52.8 Å². The first-order chi connectivity index (χ1) is 9.19. The van der Waals surface area contributed by atoms with Crippen LogP contribution in [0.25, 0.3) is 0 Å². The van der Waals surface area contributed by atoms with E-state index in [0.29, 0.717) is 23.6 Å². The minimum absolute atomic E-state index is 0.300. The zero-order chi connectivity index (χ0) is 13.4. The molecule has 1 aromatic carbocycles. The number of anilines is 1. The number of aromatic nitrogens is 1. The normalized spacial score (nSPS) is 13.2. The highest BCUT2D eigenvalue weighted by Gasteiger charge is 2.23. The van der Waals surface area contributed by atoms with Gasteiger partial charge in [0.2, 0.25) is 0 Å². The van der Waals surface area contributed by atoms with Gasteiger partial charge in [-0.15, -0.1) is 0 Å². The molecule has 0 saturated heterocycles. The second-order valence-corrected chi connectivity index (χ2v) is 4.71. The summed E-state index contributed by atoms with van der Waals surface area (Å²) in [5, 5.41) is 18.8. The van der Waals surface area contributed by atoms with Crippen molar-refractivity contribution in [3.63, 3.8) is 0 Å². The van der Waals surface area contributed by atoms with Gasteiger partial charge in [0.15, 0.2) is 0 Å². The molecule has 0 unspecified atom stereocenters. The molecule has 1 N–H and O–H groups in total. The number of aromatic hydroxyl groups is 1. The fourth-order valence-electron chi connectivity index (χ4n) is 2.38. The lowest BCUT2D eigenvalue weighted by Gasteiger charge is -2.17. The molecule has 0 atom stereocenters. The first-order valence-electron chi connectivity index (χ1n) is 6.10. The fourth-order valence-corrected chi connectivity index (χ4v) is 2.38. The Morgan fingerprint density at radius 3 is 2.68 bits per heavy atom. The van der Waals surface area contributed by atoms with Crippen molar-refractivity contribution in [2.24, 2.45) is 0 Å². The Hall–Kier alpha value is -2.54. The quantitative estimate of drug-likeness (QED) is 0.845. The van der Waals surface area contributed by atoms with Crippen LogP contribution in [-0.2, 0) is 13.1 Å². The standard InChI is InChI=1S/C15H13N3O/c1-10-15(19)14-9-18(8-12(14)7-17-10)13-4-2-11(6-16)3-5-13/h2-5,7,19H,8-9H2,1H3. The van der Waals surface area contributed by atoms with Gasteiger partial charge in [0, 0.05) is 30.5 Å². The molecule has 4 nitrogen and oxygen atoms in total. The van der Waals surface area contributed by atoms with E-state index in [0.717, 1.165) is 23.4 Å². The molecule has 1 aromatic heterocycles. The lowest BCUT2D eigenvalue weighted by molar-refractivity contribution is 0.461. The SMILES string of the molecule is Cc1ncc2c(c1O)CN(c1ccc(C#N)cc1)C2. The number of aryl methyl sites for hydroxylation is 1. The summed E-state index contributed by atoms with van der Waals surface area (Å²) in [7, 11) is 0. The maximum absolute atomic E-state index is 10.0. The summed E-state index contributed by atoms with van der Waals surface area (Å²) < 4.78 is 0. The molecule has 0 spiro atoms. The largest absolute Gasteiger partial charge is 0.506 e. The van der Waals surface area contributed by atoms with Crippen molar-refractivity contribution in [3.8, 4) is 11.8 Å². The Morgan fingerprint density at radius 2 is 2.00 bits per heavy atom. The van der Waals surface area contributed by atoms with E-state index in [1.807, 2.05) is 30.5 Å². The molecular weight excluding hydrogens is 238 g/mol. The van der Waals surface area contributed by atoms with Crippen molar-refractivity contribution in [1.82, 2.24) is 4.98 Å². The lowest BCUT2D eigenvalue weighted by Crippen LogP contribution is -2.14. The Morgan fingerprint density at radius 1 is 1.26 bits per heavy atom. The van der Waals surface area contributed by atoms with Crippen molar-refractivity contribution in [2.75, 3.05) is 4.90 Å². The van der Waals surface area contributed by atoms with Gasteiger partial charge in [-0.2, -0.15) is 5.26 Å². The lowest BCUT2D eigenvalue weighted by atomic mass is 10.1. The van der Waals surface area contributed by atoms with Crippen LogP contribution in [-0.4, -0.2) is 10.1 Å². The number of pyridine rings is 1. The Kier molecular flexibility index (Phi) is 2.60. The average molecular weight is 251 g/mol. The van der Waals surface area contributed by atoms with E-state index in [9.17, 15) is 5.11 Å². The minimum atomic E-state index is 0.300. The van der Waals surface area contributed by atoms with E-state index in [1.165, 1.54) is 0 Å². The number of fused-ring (bicyclic) bond motifs is 1. The molecule has 1 aliphatic heterocycles. The van der Waals surface area contributed by atoms with Crippen molar-refractivity contribution in [1.29, 1.82) is 5.26 Å². The van der Waals surface area contributed by atoms with Gasteiger partial charge in [-0.05, 0) is 36.8 Å². The molecule has 1 aliphatic rings. The molecule has 2 heterocycles. The van der Waals surface area contributed by atoms with Crippen LogP contribution in [0.5, 0.6) is 5.75 Å². The smallest absolute Gasteiger partial charge is 0.142 e. The highest BCUT2D eigenvalue weighted by atomic mass is 16.3. The van der Waals surface area contributed by atoms with Gasteiger partial charge in [-0.1, -0.05) is 0 Å². The second kappa shape index (κ2) is 4.29. The van der Waals surface area contributed by atoms with Gasteiger partial charge in [0.05, 0.1) is 17.3 Å². The molecule has 4 heteroatoms. The summed E-state index contributed by atoms with van der Waals surface area (Å²) in [6.45, 7) is 3.22. The summed E-state index contributed by atoms with van der Waals surface area (Å²) in [5.41, 5.74) is 4.39. The molecule has 19 heavy (non-hydrogen) atoms. The average Bonchev–Trinajstić information content (AvgIpc) is 2.88. The predicted octanol–water partition coefficient (Wildman–Crippen LogP) is 2.49. The zero-order valence-corrected chi connectivity index (χ0v) is 10.6. The van der Waals surface area contributed by atoms with Crippen LogP contribution < -0.4 is 4.90 Å². The summed E-state index contributed by atoms with van der Waals surface area (Å²) in [5.74, 6) is 0.300. The molecule has 0 amide bonds.